The number of ether oxygens (including phenoxy) is 2. The van der Waals surface area contributed by atoms with Gasteiger partial charge in [0.15, 0.2) is 0 Å². The first kappa shape index (κ1) is 21.5. The fraction of sp³-hybridized carbons (Fsp3) is 0.458. The third-order valence-electron chi connectivity index (χ3n) is 5.26. The minimum atomic E-state index is -0.251. The summed E-state index contributed by atoms with van der Waals surface area (Å²) in [6.07, 6.45) is -0.0201. The molecule has 0 bridgehead atoms. The van der Waals surface area contributed by atoms with Crippen LogP contribution in [0.25, 0.3) is 0 Å². The molecule has 2 atom stereocenters. The topological polar surface area (TPSA) is 42.0 Å². The van der Waals surface area contributed by atoms with Gasteiger partial charge in [0.25, 0.3) is 0 Å². The lowest BCUT2D eigenvalue weighted by molar-refractivity contribution is 0.00433. The van der Waals surface area contributed by atoms with E-state index in [9.17, 15) is 4.79 Å². The zero-order valence-corrected chi connectivity index (χ0v) is 17.5. The summed E-state index contributed by atoms with van der Waals surface area (Å²) in [5, 5.41) is 0. The molecular formula is C24H32N2O3. The summed E-state index contributed by atoms with van der Waals surface area (Å²) in [6, 6.07) is 19.6. The number of esters is 1. The molecule has 1 aliphatic heterocycles. The number of piperazine rings is 1. The van der Waals surface area contributed by atoms with Gasteiger partial charge in [-0.15, -0.1) is 0 Å². The Bertz CT molecular complexity index is 730. The summed E-state index contributed by atoms with van der Waals surface area (Å²) < 4.78 is 11.6. The van der Waals surface area contributed by atoms with Gasteiger partial charge >= 0.3 is 5.97 Å². The third kappa shape index (κ3) is 6.67. The van der Waals surface area contributed by atoms with Crippen LogP contribution in [0.15, 0.2) is 60.7 Å². The van der Waals surface area contributed by atoms with Crippen molar-refractivity contribution in [3.05, 3.63) is 71.8 Å². The van der Waals surface area contributed by atoms with Crippen LogP contribution in [0.1, 0.15) is 35.9 Å². The maximum atomic E-state index is 12.2. The quantitative estimate of drug-likeness (QED) is 0.606. The van der Waals surface area contributed by atoms with E-state index in [1.807, 2.05) is 38.1 Å². The zero-order chi connectivity index (χ0) is 20.5. The molecule has 0 aliphatic carbocycles. The van der Waals surface area contributed by atoms with Crippen LogP contribution in [0, 0.1) is 0 Å². The minimum absolute atomic E-state index is 0.110. The molecule has 5 nitrogen and oxygen atoms in total. The zero-order valence-electron chi connectivity index (χ0n) is 17.5. The Labute approximate surface area is 174 Å². The lowest BCUT2D eigenvalue weighted by Crippen LogP contribution is -2.49. The van der Waals surface area contributed by atoms with Crippen molar-refractivity contribution in [2.24, 2.45) is 0 Å². The van der Waals surface area contributed by atoms with Crippen LogP contribution in [-0.2, 0) is 9.47 Å². The second kappa shape index (κ2) is 11.1. The molecule has 1 saturated heterocycles. The molecule has 29 heavy (non-hydrogen) atoms. The van der Waals surface area contributed by atoms with E-state index in [4.69, 9.17) is 9.47 Å². The molecule has 1 fully saturated rings. The number of hydrogen-bond acceptors (Lipinski definition) is 5. The summed E-state index contributed by atoms with van der Waals surface area (Å²) in [5.74, 6) is -0.251. The normalized spacial score (nSPS) is 17.6. The van der Waals surface area contributed by atoms with Crippen molar-refractivity contribution >= 4 is 5.97 Å². The fourth-order valence-electron chi connectivity index (χ4n) is 3.74. The maximum Gasteiger partial charge on any atom is 0.338 e. The lowest BCUT2D eigenvalue weighted by Gasteiger charge is -2.37. The van der Waals surface area contributed by atoms with Crippen LogP contribution >= 0.6 is 0 Å². The number of rotatable bonds is 9. The molecular weight excluding hydrogens is 364 g/mol. The van der Waals surface area contributed by atoms with Gasteiger partial charge in [0.05, 0.1) is 11.7 Å². The number of carbonyl (C=O) groups excluding carboxylic acids is 1. The number of carbonyl (C=O) groups is 1. The molecule has 5 heteroatoms. The van der Waals surface area contributed by atoms with Crippen molar-refractivity contribution in [1.82, 2.24) is 9.80 Å². The average Bonchev–Trinajstić information content (AvgIpc) is 2.76. The monoisotopic (exact) mass is 396 g/mol. The predicted octanol–water partition coefficient (Wildman–Crippen LogP) is 3.63. The highest BCUT2D eigenvalue weighted by atomic mass is 16.5. The molecule has 0 saturated carbocycles. The molecule has 156 valence electrons. The van der Waals surface area contributed by atoms with Gasteiger partial charge < -0.3 is 9.47 Å². The largest absolute Gasteiger partial charge is 0.458 e. The van der Waals surface area contributed by atoms with Crippen LogP contribution in [0.3, 0.4) is 0 Å². The fourth-order valence-corrected chi connectivity index (χ4v) is 3.74. The Morgan fingerprint density at radius 3 is 2.03 bits per heavy atom. The highest BCUT2D eigenvalue weighted by molar-refractivity contribution is 5.89. The summed E-state index contributed by atoms with van der Waals surface area (Å²) in [6.45, 7) is 10.3. The molecule has 0 radical (unpaired) electrons. The van der Waals surface area contributed by atoms with Crippen LogP contribution in [0.4, 0.5) is 0 Å². The van der Waals surface area contributed by atoms with Gasteiger partial charge in [-0.25, -0.2) is 4.79 Å². The summed E-state index contributed by atoms with van der Waals surface area (Å²) in [5.41, 5.74) is 1.84. The lowest BCUT2D eigenvalue weighted by atomic mass is 10.1. The second-order valence-corrected chi connectivity index (χ2v) is 7.54. The van der Waals surface area contributed by atoms with Gasteiger partial charge in [0, 0.05) is 45.9 Å². The van der Waals surface area contributed by atoms with E-state index in [0.717, 1.165) is 39.3 Å². The highest BCUT2D eigenvalue weighted by Crippen LogP contribution is 2.19. The first-order chi connectivity index (χ1) is 14.2. The SMILES string of the molecule is CCOC(CN1CCN(CC(C)OC(=O)c2ccccc2)CC1)c1ccccc1. The Balaban J connectivity index is 1.43. The van der Waals surface area contributed by atoms with Crippen LogP contribution < -0.4 is 0 Å². The van der Waals surface area contributed by atoms with Gasteiger partial charge in [-0.1, -0.05) is 48.5 Å². The molecule has 1 aliphatic rings. The molecule has 0 amide bonds. The van der Waals surface area contributed by atoms with Crippen molar-refractivity contribution in [2.75, 3.05) is 45.9 Å². The Morgan fingerprint density at radius 2 is 1.45 bits per heavy atom. The van der Waals surface area contributed by atoms with Crippen LogP contribution in [0.2, 0.25) is 0 Å². The molecule has 0 spiro atoms. The van der Waals surface area contributed by atoms with Crippen molar-refractivity contribution in [3.8, 4) is 0 Å². The van der Waals surface area contributed by atoms with E-state index in [-0.39, 0.29) is 18.2 Å². The van der Waals surface area contributed by atoms with E-state index >= 15 is 0 Å². The molecule has 3 rings (SSSR count). The van der Waals surface area contributed by atoms with Crippen molar-refractivity contribution < 1.29 is 14.3 Å². The standard InChI is InChI=1S/C24H32N2O3/c1-3-28-23(21-10-6-4-7-11-21)19-26-16-14-25(15-17-26)18-20(2)29-24(27)22-12-8-5-9-13-22/h4-13,20,23H,3,14-19H2,1-2H3. The van der Waals surface area contributed by atoms with Crippen molar-refractivity contribution in [1.29, 1.82) is 0 Å². The van der Waals surface area contributed by atoms with E-state index in [1.54, 1.807) is 12.1 Å². The first-order valence-corrected chi connectivity index (χ1v) is 10.5. The predicted molar refractivity (Wildman–Crippen MR) is 115 cm³/mol. The Kier molecular flexibility index (Phi) is 8.23. The molecule has 1 heterocycles. The van der Waals surface area contributed by atoms with E-state index in [0.29, 0.717) is 12.2 Å². The van der Waals surface area contributed by atoms with E-state index in [2.05, 4.69) is 34.1 Å². The van der Waals surface area contributed by atoms with E-state index in [1.165, 1.54) is 5.56 Å². The first-order valence-electron chi connectivity index (χ1n) is 10.5. The highest BCUT2D eigenvalue weighted by Gasteiger charge is 2.23. The molecule has 2 unspecified atom stereocenters. The van der Waals surface area contributed by atoms with Crippen molar-refractivity contribution in [3.63, 3.8) is 0 Å². The number of benzene rings is 2. The maximum absolute atomic E-state index is 12.2. The Morgan fingerprint density at radius 1 is 0.897 bits per heavy atom. The minimum Gasteiger partial charge on any atom is -0.458 e. The van der Waals surface area contributed by atoms with Crippen molar-refractivity contribution in [2.45, 2.75) is 26.1 Å². The average molecular weight is 397 g/mol. The molecule has 0 aromatic heterocycles. The van der Waals surface area contributed by atoms with Gasteiger partial charge in [0.2, 0.25) is 0 Å². The second-order valence-electron chi connectivity index (χ2n) is 7.54. The number of hydrogen-bond donors (Lipinski definition) is 0. The summed E-state index contributed by atoms with van der Waals surface area (Å²) >= 11 is 0. The van der Waals surface area contributed by atoms with Gasteiger partial charge in [-0.2, -0.15) is 0 Å². The molecule has 0 N–H and O–H groups in total. The molecule has 2 aromatic carbocycles. The van der Waals surface area contributed by atoms with Crippen LogP contribution in [-0.4, -0.2) is 67.7 Å². The Hall–Kier alpha value is -2.21. The van der Waals surface area contributed by atoms with Gasteiger partial charge in [-0.3, -0.25) is 9.80 Å². The molecule has 2 aromatic rings. The third-order valence-corrected chi connectivity index (χ3v) is 5.26. The van der Waals surface area contributed by atoms with Gasteiger partial charge in [-0.05, 0) is 31.5 Å². The van der Waals surface area contributed by atoms with E-state index < -0.39 is 0 Å². The summed E-state index contributed by atoms with van der Waals surface area (Å²) in [4.78, 5) is 17.0. The number of nitrogens with zero attached hydrogens (tertiary/aromatic N) is 2. The smallest absolute Gasteiger partial charge is 0.338 e. The summed E-state index contributed by atoms with van der Waals surface area (Å²) in [7, 11) is 0. The van der Waals surface area contributed by atoms with Crippen LogP contribution in [0.5, 0.6) is 0 Å². The van der Waals surface area contributed by atoms with Gasteiger partial charge in [0.1, 0.15) is 6.10 Å².